The number of hydrogen-bond acceptors (Lipinski definition) is 3. The van der Waals surface area contributed by atoms with Crippen molar-refractivity contribution in [1.29, 1.82) is 0 Å². The van der Waals surface area contributed by atoms with Crippen LogP contribution in [0.5, 0.6) is 0 Å². The largest absolute Gasteiger partial charge is 0.355 e. The molecule has 6 nitrogen and oxygen atoms in total. The lowest BCUT2D eigenvalue weighted by Gasteiger charge is -2.07. The Morgan fingerprint density at radius 1 is 1.26 bits per heavy atom. The fourth-order valence-electron chi connectivity index (χ4n) is 1.43. The van der Waals surface area contributed by atoms with Crippen LogP contribution in [-0.2, 0) is 16.1 Å². The molecule has 1 aromatic heterocycles. The SMILES string of the molecule is CCNC(=O)CNC(=O)CCn1cc(Br)ccc1=O. The summed E-state index contributed by atoms with van der Waals surface area (Å²) in [4.78, 5) is 34.1. The summed E-state index contributed by atoms with van der Waals surface area (Å²) in [7, 11) is 0. The van der Waals surface area contributed by atoms with Crippen molar-refractivity contribution < 1.29 is 9.59 Å². The van der Waals surface area contributed by atoms with Gasteiger partial charge in [-0.1, -0.05) is 0 Å². The van der Waals surface area contributed by atoms with E-state index in [1.54, 1.807) is 19.2 Å². The number of rotatable bonds is 6. The summed E-state index contributed by atoms with van der Waals surface area (Å²) in [6, 6.07) is 3.07. The third-order valence-electron chi connectivity index (χ3n) is 2.35. The molecule has 1 heterocycles. The average molecular weight is 330 g/mol. The van der Waals surface area contributed by atoms with Crippen molar-refractivity contribution in [3.05, 3.63) is 33.2 Å². The molecule has 104 valence electrons. The fraction of sp³-hybridized carbons (Fsp3) is 0.417. The highest BCUT2D eigenvalue weighted by molar-refractivity contribution is 9.10. The van der Waals surface area contributed by atoms with E-state index >= 15 is 0 Å². The number of carbonyl (C=O) groups is 2. The fourth-order valence-corrected chi connectivity index (χ4v) is 1.81. The van der Waals surface area contributed by atoms with Crippen molar-refractivity contribution in [3.8, 4) is 0 Å². The first-order chi connectivity index (χ1) is 9.02. The number of nitrogens with one attached hydrogen (secondary N) is 2. The van der Waals surface area contributed by atoms with Crippen molar-refractivity contribution >= 4 is 27.7 Å². The van der Waals surface area contributed by atoms with E-state index in [1.165, 1.54) is 10.6 Å². The molecule has 0 spiro atoms. The Morgan fingerprint density at radius 3 is 2.68 bits per heavy atom. The van der Waals surface area contributed by atoms with Gasteiger partial charge >= 0.3 is 0 Å². The maximum Gasteiger partial charge on any atom is 0.250 e. The molecule has 0 radical (unpaired) electrons. The molecule has 0 aliphatic carbocycles. The van der Waals surface area contributed by atoms with Crippen LogP contribution in [0.1, 0.15) is 13.3 Å². The lowest BCUT2D eigenvalue weighted by molar-refractivity contribution is -0.126. The van der Waals surface area contributed by atoms with Crippen molar-refractivity contribution in [3.63, 3.8) is 0 Å². The minimum atomic E-state index is -0.266. The summed E-state index contributed by atoms with van der Waals surface area (Å²) in [5, 5.41) is 5.07. The van der Waals surface area contributed by atoms with Gasteiger partial charge in [0.15, 0.2) is 0 Å². The van der Waals surface area contributed by atoms with Crippen LogP contribution in [0.15, 0.2) is 27.6 Å². The van der Waals surface area contributed by atoms with Gasteiger partial charge in [0.25, 0.3) is 5.56 Å². The van der Waals surface area contributed by atoms with Crippen LogP contribution < -0.4 is 16.2 Å². The first kappa shape index (κ1) is 15.4. The monoisotopic (exact) mass is 329 g/mol. The van der Waals surface area contributed by atoms with Gasteiger partial charge in [-0.2, -0.15) is 0 Å². The predicted molar refractivity (Wildman–Crippen MR) is 74.7 cm³/mol. The zero-order valence-electron chi connectivity index (χ0n) is 10.6. The van der Waals surface area contributed by atoms with E-state index in [9.17, 15) is 14.4 Å². The normalized spacial score (nSPS) is 10.0. The first-order valence-electron chi connectivity index (χ1n) is 5.92. The Bertz CT molecular complexity index is 513. The van der Waals surface area contributed by atoms with Crippen molar-refractivity contribution in [2.75, 3.05) is 13.1 Å². The summed E-state index contributed by atoms with van der Waals surface area (Å²) >= 11 is 3.26. The molecule has 0 bridgehead atoms. The van der Waals surface area contributed by atoms with Gasteiger partial charge in [-0.05, 0) is 28.9 Å². The highest BCUT2D eigenvalue weighted by Gasteiger charge is 2.05. The van der Waals surface area contributed by atoms with E-state index in [-0.39, 0.29) is 36.9 Å². The second-order valence-corrected chi connectivity index (χ2v) is 4.77. The molecular formula is C12H16BrN3O3. The number of pyridine rings is 1. The maximum atomic E-state index is 11.5. The summed E-state index contributed by atoms with van der Waals surface area (Å²) in [5.41, 5.74) is -0.167. The van der Waals surface area contributed by atoms with Gasteiger partial charge in [-0.3, -0.25) is 14.4 Å². The number of nitrogens with zero attached hydrogens (tertiary/aromatic N) is 1. The van der Waals surface area contributed by atoms with Crippen LogP contribution in [0.3, 0.4) is 0 Å². The van der Waals surface area contributed by atoms with E-state index in [0.717, 1.165) is 4.47 Å². The second kappa shape index (κ2) is 7.73. The Morgan fingerprint density at radius 2 is 2.00 bits per heavy atom. The van der Waals surface area contributed by atoms with Crippen molar-refractivity contribution in [2.45, 2.75) is 19.9 Å². The van der Waals surface area contributed by atoms with Gasteiger partial charge in [-0.25, -0.2) is 0 Å². The summed E-state index contributed by atoms with van der Waals surface area (Å²) in [5.74, 6) is -0.492. The highest BCUT2D eigenvalue weighted by Crippen LogP contribution is 2.05. The number of hydrogen-bond donors (Lipinski definition) is 2. The standard InChI is InChI=1S/C12H16BrN3O3/c1-2-14-11(18)7-15-10(17)5-6-16-8-9(13)3-4-12(16)19/h3-4,8H,2,5-7H2,1H3,(H,14,18)(H,15,17). The molecule has 0 saturated carbocycles. The summed E-state index contributed by atoms with van der Waals surface area (Å²) < 4.78 is 2.21. The zero-order chi connectivity index (χ0) is 14.3. The zero-order valence-corrected chi connectivity index (χ0v) is 12.2. The number of carbonyl (C=O) groups excluding carboxylic acids is 2. The molecule has 0 atom stereocenters. The number of halogens is 1. The first-order valence-corrected chi connectivity index (χ1v) is 6.71. The Hall–Kier alpha value is -1.63. The summed E-state index contributed by atoms with van der Waals surface area (Å²) in [6.07, 6.45) is 1.77. The topological polar surface area (TPSA) is 80.2 Å². The summed E-state index contributed by atoms with van der Waals surface area (Å²) in [6.45, 7) is 2.57. The number of aromatic nitrogens is 1. The predicted octanol–water partition coefficient (Wildman–Crippen LogP) is 0.253. The molecule has 2 amide bonds. The highest BCUT2D eigenvalue weighted by atomic mass is 79.9. The molecule has 0 unspecified atom stereocenters. The Labute approximate surface area is 119 Å². The quantitative estimate of drug-likeness (QED) is 0.785. The Kier molecular flexibility index (Phi) is 6.27. The van der Waals surface area contributed by atoms with E-state index < -0.39 is 0 Å². The van der Waals surface area contributed by atoms with Crippen molar-refractivity contribution in [1.82, 2.24) is 15.2 Å². The molecule has 19 heavy (non-hydrogen) atoms. The van der Waals surface area contributed by atoms with Crippen LogP contribution >= 0.6 is 15.9 Å². The van der Waals surface area contributed by atoms with Crippen LogP contribution in [0.25, 0.3) is 0 Å². The molecular weight excluding hydrogens is 314 g/mol. The molecule has 7 heteroatoms. The van der Waals surface area contributed by atoms with Gasteiger partial charge in [-0.15, -0.1) is 0 Å². The minimum Gasteiger partial charge on any atom is -0.355 e. The molecule has 0 aliphatic heterocycles. The smallest absolute Gasteiger partial charge is 0.250 e. The van der Waals surface area contributed by atoms with E-state index in [2.05, 4.69) is 26.6 Å². The van der Waals surface area contributed by atoms with Crippen LogP contribution in [0.2, 0.25) is 0 Å². The van der Waals surface area contributed by atoms with Gasteiger partial charge in [0.1, 0.15) is 0 Å². The molecule has 1 aromatic rings. The molecule has 1 rings (SSSR count). The lowest BCUT2D eigenvalue weighted by atomic mass is 10.3. The van der Waals surface area contributed by atoms with Gasteiger partial charge < -0.3 is 15.2 Å². The number of likely N-dealkylation sites (N-methyl/N-ethyl adjacent to an activating group) is 1. The van der Waals surface area contributed by atoms with Crippen LogP contribution in [0.4, 0.5) is 0 Å². The molecule has 0 aromatic carbocycles. The molecule has 0 saturated heterocycles. The van der Waals surface area contributed by atoms with Crippen molar-refractivity contribution in [2.24, 2.45) is 0 Å². The lowest BCUT2D eigenvalue weighted by Crippen LogP contribution is -2.37. The Balaban J connectivity index is 2.40. The van der Waals surface area contributed by atoms with Gasteiger partial charge in [0.2, 0.25) is 11.8 Å². The minimum absolute atomic E-state index is 0.0416. The third-order valence-corrected chi connectivity index (χ3v) is 2.82. The van der Waals surface area contributed by atoms with Gasteiger partial charge in [0.05, 0.1) is 6.54 Å². The third kappa shape index (κ3) is 5.69. The number of aryl methyl sites for hydroxylation is 1. The van der Waals surface area contributed by atoms with Gasteiger partial charge in [0, 0.05) is 36.2 Å². The van der Waals surface area contributed by atoms with E-state index in [4.69, 9.17) is 0 Å². The van der Waals surface area contributed by atoms with Crippen LogP contribution in [-0.4, -0.2) is 29.5 Å². The van der Waals surface area contributed by atoms with Crippen LogP contribution in [0, 0.1) is 0 Å². The molecule has 0 aliphatic rings. The number of amides is 2. The molecule has 0 fully saturated rings. The van der Waals surface area contributed by atoms with E-state index in [0.29, 0.717) is 6.54 Å². The second-order valence-electron chi connectivity index (χ2n) is 3.86. The van der Waals surface area contributed by atoms with E-state index in [1.807, 2.05) is 0 Å². The maximum absolute atomic E-state index is 11.5. The molecule has 2 N–H and O–H groups in total. The average Bonchev–Trinajstić information content (AvgIpc) is 2.38.